The van der Waals surface area contributed by atoms with Crippen LogP contribution >= 0.6 is 15.9 Å². The summed E-state index contributed by atoms with van der Waals surface area (Å²) < 4.78 is 0.830. The number of hydrogen-bond acceptors (Lipinski definition) is 3. The molecule has 0 aliphatic heterocycles. The number of carbonyl (C=O) groups is 1. The molecule has 0 saturated carbocycles. The van der Waals surface area contributed by atoms with Gasteiger partial charge in [-0.1, -0.05) is 29.8 Å². The van der Waals surface area contributed by atoms with E-state index in [1.807, 2.05) is 18.0 Å². The Morgan fingerprint density at radius 1 is 1.47 bits per heavy atom. The predicted octanol–water partition coefficient (Wildman–Crippen LogP) is 2.53. The lowest BCUT2D eigenvalue weighted by Gasteiger charge is -2.19. The highest BCUT2D eigenvalue weighted by atomic mass is 79.9. The van der Waals surface area contributed by atoms with Crippen molar-refractivity contribution in [2.24, 2.45) is 5.92 Å². The van der Waals surface area contributed by atoms with Gasteiger partial charge in [0.15, 0.2) is 0 Å². The van der Waals surface area contributed by atoms with Crippen LogP contribution in [-0.4, -0.2) is 26.0 Å². The van der Waals surface area contributed by atoms with E-state index in [0.29, 0.717) is 18.0 Å². The first-order valence-electron chi connectivity index (χ1n) is 6.11. The third kappa shape index (κ3) is 5.31. The number of benzene rings is 1. The van der Waals surface area contributed by atoms with Gasteiger partial charge in [-0.15, -0.1) is 0 Å². The largest absolute Gasteiger partial charge is 0.365 e. The maximum absolute atomic E-state index is 11.7. The third-order valence-corrected chi connectivity index (χ3v) is 3.00. The zero-order valence-corrected chi connectivity index (χ0v) is 13.0. The van der Waals surface area contributed by atoms with Gasteiger partial charge in [-0.2, -0.15) is 5.26 Å². The molecule has 0 aliphatic rings. The summed E-state index contributed by atoms with van der Waals surface area (Å²) in [6, 6.07) is 7.50. The van der Waals surface area contributed by atoms with Gasteiger partial charge in [0.05, 0.1) is 18.2 Å². The Hall–Kier alpha value is -1.54. The lowest BCUT2D eigenvalue weighted by atomic mass is 10.2. The molecular weight excluding hydrogens is 306 g/mol. The second kappa shape index (κ2) is 7.15. The first kappa shape index (κ1) is 15.5. The van der Waals surface area contributed by atoms with E-state index in [-0.39, 0.29) is 12.5 Å². The van der Waals surface area contributed by atoms with Crippen LogP contribution in [0.2, 0.25) is 0 Å². The number of nitriles is 1. The molecule has 0 bridgehead atoms. The van der Waals surface area contributed by atoms with Crippen LogP contribution in [0.1, 0.15) is 19.4 Å². The summed E-state index contributed by atoms with van der Waals surface area (Å²) in [7, 11) is 1.83. The fraction of sp³-hybridized carbons (Fsp3) is 0.429. The fourth-order valence-electron chi connectivity index (χ4n) is 1.54. The lowest BCUT2D eigenvalue weighted by Crippen LogP contribution is -2.36. The van der Waals surface area contributed by atoms with Gasteiger partial charge >= 0.3 is 0 Å². The highest BCUT2D eigenvalue weighted by Crippen LogP contribution is 2.21. The molecule has 0 fully saturated rings. The second-order valence-corrected chi connectivity index (χ2v) is 5.78. The van der Waals surface area contributed by atoms with Crippen molar-refractivity contribution in [2.45, 2.75) is 13.8 Å². The van der Waals surface area contributed by atoms with E-state index in [4.69, 9.17) is 5.26 Å². The van der Waals surface area contributed by atoms with E-state index in [2.05, 4.69) is 41.2 Å². The van der Waals surface area contributed by atoms with E-state index in [9.17, 15) is 4.79 Å². The first-order chi connectivity index (χ1) is 8.92. The van der Waals surface area contributed by atoms with Crippen molar-refractivity contribution < 1.29 is 4.79 Å². The Labute approximate surface area is 122 Å². The summed E-state index contributed by atoms with van der Waals surface area (Å²) in [6.45, 7) is 5.05. The van der Waals surface area contributed by atoms with Crippen LogP contribution in [0.4, 0.5) is 5.69 Å². The molecule has 1 aromatic carbocycles. The van der Waals surface area contributed by atoms with Crippen LogP contribution in [-0.2, 0) is 4.79 Å². The third-order valence-electron chi connectivity index (χ3n) is 2.54. The molecule has 0 radical (unpaired) electrons. The highest BCUT2D eigenvalue weighted by Gasteiger charge is 2.09. The van der Waals surface area contributed by atoms with Gasteiger partial charge < -0.3 is 10.2 Å². The van der Waals surface area contributed by atoms with Crippen LogP contribution < -0.4 is 10.2 Å². The van der Waals surface area contributed by atoms with Crippen molar-refractivity contribution in [1.82, 2.24) is 5.32 Å². The molecular formula is C14H18BrN3O. The topological polar surface area (TPSA) is 56.1 Å². The molecule has 0 spiro atoms. The number of halogens is 1. The van der Waals surface area contributed by atoms with Gasteiger partial charge in [0.2, 0.25) is 5.91 Å². The number of amides is 1. The zero-order chi connectivity index (χ0) is 14.4. The zero-order valence-electron chi connectivity index (χ0n) is 11.4. The maximum Gasteiger partial charge on any atom is 0.239 e. The molecule has 1 rings (SSSR count). The Bertz CT molecular complexity index is 494. The molecule has 1 N–H and O–H groups in total. The Morgan fingerprint density at radius 2 is 2.16 bits per heavy atom. The number of carbonyl (C=O) groups excluding carboxylic acids is 1. The number of anilines is 1. The molecule has 0 atom stereocenters. The summed E-state index contributed by atoms with van der Waals surface area (Å²) in [4.78, 5) is 13.6. The first-order valence-corrected chi connectivity index (χ1v) is 6.90. The summed E-state index contributed by atoms with van der Waals surface area (Å²) in [6.07, 6.45) is 0. The minimum atomic E-state index is -0.0188. The van der Waals surface area contributed by atoms with Gasteiger partial charge in [0.1, 0.15) is 0 Å². The van der Waals surface area contributed by atoms with Crippen molar-refractivity contribution in [2.75, 3.05) is 25.0 Å². The molecule has 102 valence electrons. The van der Waals surface area contributed by atoms with Crippen LogP contribution in [0.3, 0.4) is 0 Å². The second-order valence-electron chi connectivity index (χ2n) is 4.86. The molecule has 19 heavy (non-hydrogen) atoms. The SMILES string of the molecule is CC(C)CNC(=O)CN(C)c1cc(Br)cc(C#N)c1. The van der Waals surface area contributed by atoms with Crippen LogP contribution in [0.15, 0.2) is 22.7 Å². The lowest BCUT2D eigenvalue weighted by molar-refractivity contribution is -0.119. The minimum absolute atomic E-state index is 0.0188. The summed E-state index contributed by atoms with van der Waals surface area (Å²) >= 11 is 3.36. The van der Waals surface area contributed by atoms with Crippen molar-refractivity contribution in [3.05, 3.63) is 28.2 Å². The van der Waals surface area contributed by atoms with E-state index in [0.717, 1.165) is 10.2 Å². The van der Waals surface area contributed by atoms with Crippen molar-refractivity contribution in [1.29, 1.82) is 5.26 Å². The van der Waals surface area contributed by atoms with Gasteiger partial charge in [0, 0.05) is 23.8 Å². The van der Waals surface area contributed by atoms with Crippen molar-refractivity contribution >= 4 is 27.5 Å². The molecule has 5 heteroatoms. The van der Waals surface area contributed by atoms with Gasteiger partial charge in [-0.3, -0.25) is 4.79 Å². The normalized spacial score (nSPS) is 10.1. The fourth-order valence-corrected chi connectivity index (χ4v) is 2.02. The van der Waals surface area contributed by atoms with E-state index >= 15 is 0 Å². The van der Waals surface area contributed by atoms with Crippen LogP contribution in [0, 0.1) is 17.2 Å². The summed E-state index contributed by atoms with van der Waals surface area (Å²) in [5.74, 6) is 0.417. The smallest absolute Gasteiger partial charge is 0.239 e. The molecule has 0 heterocycles. The van der Waals surface area contributed by atoms with Crippen LogP contribution in [0.25, 0.3) is 0 Å². The number of likely N-dealkylation sites (N-methyl/N-ethyl adjacent to an activating group) is 1. The van der Waals surface area contributed by atoms with Crippen molar-refractivity contribution in [3.63, 3.8) is 0 Å². The summed E-state index contributed by atoms with van der Waals surface area (Å²) in [5, 5.41) is 11.8. The van der Waals surface area contributed by atoms with Gasteiger partial charge in [0.25, 0.3) is 0 Å². The van der Waals surface area contributed by atoms with Crippen LogP contribution in [0.5, 0.6) is 0 Å². The Morgan fingerprint density at radius 3 is 2.74 bits per heavy atom. The molecule has 1 aromatic rings. The Kier molecular flexibility index (Phi) is 5.84. The summed E-state index contributed by atoms with van der Waals surface area (Å²) in [5.41, 5.74) is 1.41. The van der Waals surface area contributed by atoms with E-state index in [1.54, 1.807) is 12.1 Å². The number of rotatable bonds is 5. The predicted molar refractivity (Wildman–Crippen MR) is 80.0 cm³/mol. The number of nitrogens with zero attached hydrogens (tertiary/aromatic N) is 2. The maximum atomic E-state index is 11.7. The molecule has 0 saturated heterocycles. The average molecular weight is 324 g/mol. The molecule has 4 nitrogen and oxygen atoms in total. The quantitative estimate of drug-likeness (QED) is 0.905. The average Bonchev–Trinajstić information content (AvgIpc) is 2.35. The molecule has 0 aromatic heterocycles. The number of hydrogen-bond donors (Lipinski definition) is 1. The molecule has 0 unspecified atom stereocenters. The Balaban J connectivity index is 2.68. The van der Waals surface area contributed by atoms with E-state index < -0.39 is 0 Å². The van der Waals surface area contributed by atoms with Gasteiger partial charge in [-0.05, 0) is 24.1 Å². The van der Waals surface area contributed by atoms with Crippen molar-refractivity contribution in [3.8, 4) is 6.07 Å². The molecule has 1 amide bonds. The van der Waals surface area contributed by atoms with E-state index in [1.165, 1.54) is 0 Å². The monoisotopic (exact) mass is 323 g/mol. The highest BCUT2D eigenvalue weighted by molar-refractivity contribution is 9.10. The minimum Gasteiger partial charge on any atom is -0.365 e. The molecule has 0 aliphatic carbocycles. The standard InChI is InChI=1S/C14H18BrN3O/c1-10(2)8-17-14(19)9-18(3)13-5-11(7-16)4-12(15)6-13/h4-6,10H,8-9H2,1-3H3,(H,17,19). The number of nitrogens with one attached hydrogen (secondary N) is 1. The van der Waals surface area contributed by atoms with Gasteiger partial charge in [-0.25, -0.2) is 0 Å².